The third-order valence-electron chi connectivity index (χ3n) is 5.43. The average Bonchev–Trinajstić information content (AvgIpc) is 2.96. The van der Waals surface area contributed by atoms with E-state index in [0.717, 1.165) is 42.3 Å². The van der Waals surface area contributed by atoms with Crippen molar-refractivity contribution in [1.82, 2.24) is 14.3 Å². The molecular weight excluding hydrogens is 298 g/mol. The van der Waals surface area contributed by atoms with Crippen LogP contribution in [0.15, 0.2) is 60.9 Å². The second-order valence-electron chi connectivity index (χ2n) is 7.01. The standard InChI is InChI=1S/C20H21N3O/c1-2-6-16(7-3-1)24-14-19-17-12-22(13-18(17)19)10-15-11-23-9-5-4-8-20(23)21-15/h1-9,11,17-19H,10,12-14H2/t17-,18+,19?. The summed E-state index contributed by atoms with van der Waals surface area (Å²) in [5, 5.41) is 0. The van der Waals surface area contributed by atoms with Crippen molar-refractivity contribution < 1.29 is 4.74 Å². The van der Waals surface area contributed by atoms with E-state index in [1.54, 1.807) is 0 Å². The highest BCUT2D eigenvalue weighted by Gasteiger charge is 2.55. The van der Waals surface area contributed by atoms with Crippen LogP contribution in [0.5, 0.6) is 5.75 Å². The Bertz CT molecular complexity index is 799. The van der Waals surface area contributed by atoms with E-state index in [-0.39, 0.29) is 0 Å². The van der Waals surface area contributed by atoms with Gasteiger partial charge in [0.05, 0.1) is 12.3 Å². The number of imidazole rings is 1. The molecule has 1 aliphatic carbocycles. The molecule has 24 heavy (non-hydrogen) atoms. The molecule has 3 aromatic rings. The highest BCUT2D eigenvalue weighted by molar-refractivity contribution is 5.39. The summed E-state index contributed by atoms with van der Waals surface area (Å²) in [7, 11) is 0. The largest absolute Gasteiger partial charge is 0.493 e. The molecule has 5 rings (SSSR count). The van der Waals surface area contributed by atoms with Crippen LogP contribution in [0.25, 0.3) is 5.65 Å². The van der Waals surface area contributed by atoms with Gasteiger partial charge in [0.1, 0.15) is 11.4 Å². The van der Waals surface area contributed by atoms with E-state index < -0.39 is 0 Å². The monoisotopic (exact) mass is 319 g/mol. The summed E-state index contributed by atoms with van der Waals surface area (Å²) < 4.78 is 8.03. The summed E-state index contributed by atoms with van der Waals surface area (Å²) in [6.45, 7) is 4.19. The molecule has 0 N–H and O–H groups in total. The zero-order valence-electron chi connectivity index (χ0n) is 13.6. The molecule has 0 bridgehead atoms. The highest BCUT2D eigenvalue weighted by Crippen LogP contribution is 2.51. The Labute approximate surface area is 141 Å². The lowest BCUT2D eigenvalue weighted by Crippen LogP contribution is -2.25. The van der Waals surface area contributed by atoms with Gasteiger partial charge in [-0.3, -0.25) is 4.90 Å². The number of piperidine rings is 1. The smallest absolute Gasteiger partial charge is 0.137 e. The lowest BCUT2D eigenvalue weighted by atomic mass is 10.2. The average molecular weight is 319 g/mol. The normalized spacial score (nSPS) is 25.8. The fourth-order valence-electron chi connectivity index (χ4n) is 4.11. The molecule has 2 aromatic heterocycles. The van der Waals surface area contributed by atoms with Gasteiger partial charge >= 0.3 is 0 Å². The Balaban J connectivity index is 1.15. The van der Waals surface area contributed by atoms with Gasteiger partial charge in [-0.1, -0.05) is 24.3 Å². The maximum absolute atomic E-state index is 5.93. The van der Waals surface area contributed by atoms with Crippen LogP contribution in [0.2, 0.25) is 0 Å². The molecule has 4 heteroatoms. The van der Waals surface area contributed by atoms with E-state index >= 15 is 0 Å². The summed E-state index contributed by atoms with van der Waals surface area (Å²) in [5.74, 6) is 3.35. The van der Waals surface area contributed by atoms with E-state index in [1.165, 1.54) is 18.8 Å². The number of para-hydroxylation sites is 1. The van der Waals surface area contributed by atoms with Gasteiger partial charge in [-0.15, -0.1) is 0 Å². The lowest BCUT2D eigenvalue weighted by Gasteiger charge is -2.18. The predicted molar refractivity (Wildman–Crippen MR) is 92.9 cm³/mol. The summed E-state index contributed by atoms with van der Waals surface area (Å²) in [6, 6.07) is 16.3. The molecule has 3 atom stereocenters. The van der Waals surface area contributed by atoms with Crippen molar-refractivity contribution >= 4 is 5.65 Å². The zero-order valence-corrected chi connectivity index (χ0v) is 13.6. The number of nitrogens with zero attached hydrogens (tertiary/aromatic N) is 3. The predicted octanol–water partition coefficient (Wildman–Crippen LogP) is 3.09. The van der Waals surface area contributed by atoms with Crippen molar-refractivity contribution in [1.29, 1.82) is 0 Å². The van der Waals surface area contributed by atoms with E-state index in [2.05, 4.69) is 27.8 Å². The highest BCUT2D eigenvalue weighted by atomic mass is 16.5. The van der Waals surface area contributed by atoms with E-state index in [4.69, 9.17) is 9.72 Å². The molecule has 1 saturated carbocycles. The fraction of sp³-hybridized carbons (Fsp3) is 0.350. The van der Waals surface area contributed by atoms with E-state index in [1.807, 2.05) is 42.5 Å². The van der Waals surface area contributed by atoms with Gasteiger partial charge in [0, 0.05) is 37.9 Å². The quantitative estimate of drug-likeness (QED) is 0.724. The minimum absolute atomic E-state index is 0.738. The first-order valence-electron chi connectivity index (χ1n) is 8.70. The van der Waals surface area contributed by atoms with Crippen molar-refractivity contribution in [3.63, 3.8) is 0 Å². The Hall–Kier alpha value is -2.33. The maximum atomic E-state index is 5.93. The second-order valence-corrected chi connectivity index (χ2v) is 7.01. The Morgan fingerprint density at radius 2 is 1.79 bits per heavy atom. The van der Waals surface area contributed by atoms with Crippen molar-refractivity contribution in [3.8, 4) is 5.75 Å². The zero-order chi connectivity index (χ0) is 15.9. The number of pyridine rings is 1. The molecule has 0 radical (unpaired) electrons. The topological polar surface area (TPSA) is 29.8 Å². The van der Waals surface area contributed by atoms with Gasteiger partial charge in [-0.2, -0.15) is 0 Å². The summed E-state index contributed by atoms with van der Waals surface area (Å²) in [6.07, 6.45) is 4.21. The van der Waals surface area contributed by atoms with Gasteiger partial charge in [-0.25, -0.2) is 4.98 Å². The van der Waals surface area contributed by atoms with Gasteiger partial charge in [0.15, 0.2) is 0 Å². The lowest BCUT2D eigenvalue weighted by molar-refractivity contribution is 0.229. The maximum Gasteiger partial charge on any atom is 0.137 e. The van der Waals surface area contributed by atoms with Crippen LogP contribution in [0.4, 0.5) is 0 Å². The van der Waals surface area contributed by atoms with Gasteiger partial charge < -0.3 is 9.14 Å². The van der Waals surface area contributed by atoms with Gasteiger partial charge in [0.2, 0.25) is 0 Å². The summed E-state index contributed by atoms with van der Waals surface area (Å²) in [5.41, 5.74) is 2.20. The molecule has 1 aliphatic heterocycles. The van der Waals surface area contributed by atoms with Crippen LogP contribution < -0.4 is 4.74 Å². The Kier molecular flexibility index (Phi) is 3.30. The molecule has 1 unspecified atom stereocenters. The van der Waals surface area contributed by atoms with E-state index in [0.29, 0.717) is 0 Å². The van der Waals surface area contributed by atoms with Crippen LogP contribution in [0, 0.1) is 17.8 Å². The molecule has 0 amide bonds. The Morgan fingerprint density at radius 1 is 1.00 bits per heavy atom. The number of ether oxygens (including phenoxy) is 1. The van der Waals surface area contributed by atoms with E-state index in [9.17, 15) is 0 Å². The Morgan fingerprint density at radius 3 is 2.58 bits per heavy atom. The number of benzene rings is 1. The molecule has 4 nitrogen and oxygen atoms in total. The first-order valence-corrected chi connectivity index (χ1v) is 8.70. The van der Waals surface area contributed by atoms with Gasteiger partial charge in [0.25, 0.3) is 0 Å². The fourth-order valence-corrected chi connectivity index (χ4v) is 4.11. The van der Waals surface area contributed by atoms with Crippen molar-refractivity contribution in [2.75, 3.05) is 19.7 Å². The number of hydrogen-bond acceptors (Lipinski definition) is 3. The summed E-state index contributed by atoms with van der Waals surface area (Å²) >= 11 is 0. The molecule has 122 valence electrons. The molecule has 3 heterocycles. The number of fused-ring (bicyclic) bond motifs is 2. The van der Waals surface area contributed by atoms with Crippen molar-refractivity contribution in [3.05, 3.63) is 66.6 Å². The van der Waals surface area contributed by atoms with Crippen LogP contribution in [-0.4, -0.2) is 34.0 Å². The van der Waals surface area contributed by atoms with Crippen LogP contribution in [0.3, 0.4) is 0 Å². The second kappa shape index (κ2) is 5.64. The molecule has 1 aromatic carbocycles. The van der Waals surface area contributed by atoms with Crippen molar-refractivity contribution in [2.24, 2.45) is 17.8 Å². The SMILES string of the molecule is c1ccc(OCC2[C@H]3CN(Cc4cn5ccccc5n4)C[C@@H]23)cc1. The van der Waals surface area contributed by atoms with Crippen LogP contribution in [-0.2, 0) is 6.54 Å². The van der Waals surface area contributed by atoms with Crippen LogP contribution in [0.1, 0.15) is 5.69 Å². The summed E-state index contributed by atoms with van der Waals surface area (Å²) in [4.78, 5) is 7.25. The molecule has 2 aliphatic rings. The molecule has 1 saturated heterocycles. The third kappa shape index (κ3) is 2.57. The number of rotatable bonds is 5. The molecular formula is C20H21N3O. The molecule has 2 fully saturated rings. The van der Waals surface area contributed by atoms with Gasteiger partial charge in [-0.05, 0) is 36.1 Å². The number of likely N-dealkylation sites (tertiary alicyclic amines) is 1. The first-order chi connectivity index (χ1) is 11.9. The minimum atomic E-state index is 0.738. The number of hydrogen-bond donors (Lipinski definition) is 0. The molecule has 0 spiro atoms. The first kappa shape index (κ1) is 14.1. The third-order valence-corrected chi connectivity index (χ3v) is 5.43. The van der Waals surface area contributed by atoms with Crippen LogP contribution >= 0.6 is 0 Å². The number of aromatic nitrogens is 2. The minimum Gasteiger partial charge on any atom is -0.493 e. The van der Waals surface area contributed by atoms with Crippen molar-refractivity contribution in [2.45, 2.75) is 6.54 Å².